The normalized spacial score (nSPS) is 12.0. The first kappa shape index (κ1) is 22.8. The third-order valence-corrected chi connectivity index (χ3v) is 3.39. The summed E-state index contributed by atoms with van der Waals surface area (Å²) in [6, 6.07) is 8.33. The molecule has 0 radical (unpaired) electrons. The zero-order valence-electron chi connectivity index (χ0n) is 15.8. The van der Waals surface area contributed by atoms with Gasteiger partial charge in [0.25, 0.3) is 0 Å². The van der Waals surface area contributed by atoms with E-state index in [-0.39, 0.29) is 31.9 Å². The number of esters is 2. The van der Waals surface area contributed by atoms with Gasteiger partial charge in [-0.1, -0.05) is 41.9 Å². The summed E-state index contributed by atoms with van der Waals surface area (Å²) in [5, 5.41) is 2.51. The molecule has 0 aromatic heterocycles. The van der Waals surface area contributed by atoms with E-state index in [0.717, 1.165) is 5.56 Å². The minimum absolute atomic E-state index is 0.0292. The van der Waals surface area contributed by atoms with Crippen molar-refractivity contribution in [2.45, 2.75) is 58.3 Å². The molecule has 8 heteroatoms. The van der Waals surface area contributed by atoms with E-state index in [4.69, 9.17) is 21.1 Å². The summed E-state index contributed by atoms with van der Waals surface area (Å²) in [6.07, 6.45) is -0.636. The monoisotopic (exact) mass is 399 g/mol. The Labute approximate surface area is 164 Å². The van der Waals surface area contributed by atoms with Crippen molar-refractivity contribution in [3.8, 4) is 0 Å². The summed E-state index contributed by atoms with van der Waals surface area (Å²) >= 11 is 5.35. The molecular weight excluding hydrogens is 374 g/mol. The Hall–Kier alpha value is -2.28. The minimum Gasteiger partial charge on any atom is -0.461 e. The molecule has 0 bridgehead atoms. The molecule has 0 heterocycles. The number of ether oxygens (including phenoxy) is 3. The predicted molar refractivity (Wildman–Crippen MR) is 100 cm³/mol. The van der Waals surface area contributed by atoms with Gasteiger partial charge < -0.3 is 19.5 Å². The zero-order valence-corrected chi connectivity index (χ0v) is 16.6. The van der Waals surface area contributed by atoms with Crippen LogP contribution in [-0.2, 0) is 30.4 Å². The van der Waals surface area contributed by atoms with Crippen LogP contribution in [0.5, 0.6) is 0 Å². The number of hydrogen-bond donors (Lipinski definition) is 1. The lowest BCUT2D eigenvalue weighted by Crippen LogP contribution is -2.38. The highest BCUT2D eigenvalue weighted by Crippen LogP contribution is 2.12. The van der Waals surface area contributed by atoms with Gasteiger partial charge in [-0.05, 0) is 32.8 Å². The summed E-state index contributed by atoms with van der Waals surface area (Å²) in [4.78, 5) is 35.5. The average molecular weight is 400 g/mol. The van der Waals surface area contributed by atoms with Gasteiger partial charge in [-0.25, -0.2) is 4.79 Å². The van der Waals surface area contributed by atoms with Crippen LogP contribution in [0, 0.1) is 0 Å². The molecule has 0 aliphatic rings. The maximum Gasteiger partial charge on any atom is 0.408 e. The van der Waals surface area contributed by atoms with Gasteiger partial charge in [-0.3, -0.25) is 9.59 Å². The molecule has 7 nitrogen and oxygen atoms in total. The first-order chi connectivity index (χ1) is 12.7. The highest BCUT2D eigenvalue weighted by Gasteiger charge is 2.23. The first-order valence-electron chi connectivity index (χ1n) is 8.60. The molecule has 1 amide bonds. The van der Waals surface area contributed by atoms with Crippen molar-refractivity contribution in [3.05, 3.63) is 35.9 Å². The van der Waals surface area contributed by atoms with Crippen molar-refractivity contribution in [3.63, 3.8) is 0 Å². The number of hydrogen-bond acceptors (Lipinski definition) is 6. The lowest BCUT2D eigenvalue weighted by atomic mass is 10.1. The maximum absolute atomic E-state index is 12.0. The fourth-order valence-corrected chi connectivity index (χ4v) is 2.27. The van der Waals surface area contributed by atoms with E-state index < -0.39 is 29.7 Å². The lowest BCUT2D eigenvalue weighted by molar-refractivity contribution is -0.156. The highest BCUT2D eigenvalue weighted by atomic mass is 35.5. The second kappa shape index (κ2) is 11.4. The summed E-state index contributed by atoms with van der Waals surface area (Å²) in [5.41, 5.74) is 0.229. The van der Waals surface area contributed by atoms with Crippen molar-refractivity contribution in [2.75, 3.05) is 6.07 Å². The Morgan fingerprint density at radius 2 is 1.74 bits per heavy atom. The molecule has 0 saturated carbocycles. The van der Waals surface area contributed by atoms with Gasteiger partial charge in [0.05, 0.1) is 6.42 Å². The number of alkyl halides is 1. The van der Waals surface area contributed by atoms with Gasteiger partial charge in [-0.2, -0.15) is 0 Å². The largest absolute Gasteiger partial charge is 0.461 e. The van der Waals surface area contributed by atoms with E-state index in [1.807, 2.05) is 30.3 Å². The molecule has 0 saturated heterocycles. The van der Waals surface area contributed by atoms with Crippen LogP contribution in [0.25, 0.3) is 0 Å². The molecular formula is C19H26ClNO6. The molecule has 150 valence electrons. The van der Waals surface area contributed by atoms with Gasteiger partial charge in [0.1, 0.15) is 12.2 Å². The molecule has 1 rings (SSSR count). The minimum atomic E-state index is -0.767. The Kier molecular flexibility index (Phi) is 9.64. The van der Waals surface area contributed by atoms with Crippen molar-refractivity contribution in [1.29, 1.82) is 0 Å². The van der Waals surface area contributed by atoms with E-state index in [1.54, 1.807) is 20.8 Å². The van der Waals surface area contributed by atoms with Crippen LogP contribution in [0.3, 0.4) is 0 Å². The fourth-order valence-electron chi connectivity index (χ4n) is 2.17. The second-order valence-corrected chi connectivity index (χ2v) is 7.08. The van der Waals surface area contributed by atoms with Crippen molar-refractivity contribution < 1.29 is 28.6 Å². The van der Waals surface area contributed by atoms with Crippen molar-refractivity contribution >= 4 is 29.6 Å². The number of benzene rings is 1. The van der Waals surface area contributed by atoms with E-state index in [9.17, 15) is 14.4 Å². The van der Waals surface area contributed by atoms with Crippen LogP contribution in [0.4, 0.5) is 4.79 Å². The number of halogens is 1. The summed E-state index contributed by atoms with van der Waals surface area (Å²) in [5.74, 6) is -0.920. The van der Waals surface area contributed by atoms with Crippen LogP contribution in [0.15, 0.2) is 30.3 Å². The van der Waals surface area contributed by atoms with Gasteiger partial charge in [0.15, 0.2) is 6.07 Å². The molecule has 1 aromatic rings. The molecule has 0 aliphatic carbocycles. The second-order valence-electron chi connectivity index (χ2n) is 6.86. The summed E-state index contributed by atoms with van der Waals surface area (Å²) < 4.78 is 15.1. The Morgan fingerprint density at radius 1 is 1.07 bits per heavy atom. The number of amides is 1. The van der Waals surface area contributed by atoms with Crippen molar-refractivity contribution in [1.82, 2.24) is 5.32 Å². The molecule has 1 aromatic carbocycles. The molecule has 27 heavy (non-hydrogen) atoms. The summed E-state index contributed by atoms with van der Waals surface area (Å²) in [6.45, 7) is 5.40. The number of carbonyl (C=O) groups is 3. The highest BCUT2D eigenvalue weighted by molar-refractivity contribution is 6.17. The van der Waals surface area contributed by atoms with Crippen LogP contribution in [0.2, 0.25) is 0 Å². The fraction of sp³-hybridized carbons (Fsp3) is 0.526. The van der Waals surface area contributed by atoms with Gasteiger partial charge in [-0.15, -0.1) is 0 Å². The first-order valence-corrected chi connectivity index (χ1v) is 9.13. The standard InChI is InChI=1S/C19H26ClNO6/c1-19(2,3)27-17(23)11-15(21-18(24)26-13-20)9-10-16(22)25-12-14-7-5-4-6-8-14/h4-8,15H,9-13H2,1-3H3,(H,21,24)/t15-/m0/s1. The molecule has 1 N–H and O–H groups in total. The van der Waals surface area contributed by atoms with Crippen LogP contribution >= 0.6 is 11.6 Å². The number of rotatable bonds is 9. The Bertz CT molecular complexity index is 614. The molecule has 0 unspecified atom stereocenters. The number of carbonyl (C=O) groups excluding carboxylic acids is 3. The van der Waals surface area contributed by atoms with Crippen LogP contribution < -0.4 is 5.32 Å². The van der Waals surface area contributed by atoms with Crippen molar-refractivity contribution in [2.24, 2.45) is 0 Å². The van der Waals surface area contributed by atoms with Gasteiger partial charge in [0, 0.05) is 12.5 Å². The van der Waals surface area contributed by atoms with Gasteiger partial charge in [0.2, 0.25) is 0 Å². The molecule has 1 atom stereocenters. The van der Waals surface area contributed by atoms with Crippen LogP contribution in [-0.4, -0.2) is 35.7 Å². The molecule has 0 spiro atoms. The molecule has 0 aliphatic heterocycles. The van der Waals surface area contributed by atoms with E-state index in [0.29, 0.717) is 0 Å². The number of alkyl carbamates (subject to hydrolysis) is 1. The SMILES string of the molecule is CC(C)(C)OC(=O)C[C@H](CCC(=O)OCc1ccccc1)NC(=O)OCCl. The van der Waals surface area contributed by atoms with Gasteiger partial charge >= 0.3 is 18.0 Å². The Morgan fingerprint density at radius 3 is 2.33 bits per heavy atom. The van der Waals surface area contributed by atoms with E-state index >= 15 is 0 Å². The zero-order chi connectivity index (χ0) is 20.3. The Balaban J connectivity index is 2.52. The smallest absolute Gasteiger partial charge is 0.408 e. The lowest BCUT2D eigenvalue weighted by Gasteiger charge is -2.22. The predicted octanol–water partition coefficient (Wildman–Crippen LogP) is 3.53. The third kappa shape index (κ3) is 11.1. The molecule has 0 fully saturated rings. The number of nitrogens with one attached hydrogen (secondary N) is 1. The third-order valence-electron chi connectivity index (χ3n) is 3.28. The quantitative estimate of drug-likeness (QED) is 0.388. The van der Waals surface area contributed by atoms with Crippen LogP contribution in [0.1, 0.15) is 45.6 Å². The summed E-state index contributed by atoms with van der Waals surface area (Å²) in [7, 11) is 0. The maximum atomic E-state index is 12.0. The van der Waals surface area contributed by atoms with E-state index in [2.05, 4.69) is 10.1 Å². The van der Waals surface area contributed by atoms with E-state index in [1.165, 1.54) is 0 Å². The average Bonchev–Trinajstić information content (AvgIpc) is 2.57. The topological polar surface area (TPSA) is 90.9 Å².